The fourth-order valence-corrected chi connectivity index (χ4v) is 1.84. The highest BCUT2D eigenvalue weighted by Gasteiger charge is 2.34. The maximum Gasteiger partial charge on any atom is 0.302 e. The third-order valence-corrected chi connectivity index (χ3v) is 2.55. The van der Waals surface area contributed by atoms with Gasteiger partial charge in [0.2, 0.25) is 0 Å². The molecule has 0 aromatic rings. The van der Waals surface area contributed by atoms with Crippen molar-refractivity contribution >= 4 is 11.9 Å². The number of hydrogen-bond donors (Lipinski definition) is 0. The van der Waals surface area contributed by atoms with Crippen molar-refractivity contribution in [3.8, 4) is 0 Å². The SMILES string of the molecule is CCOC1CCC(OC(C)=O)[C@@H](COC(C)=O)O1. The van der Waals surface area contributed by atoms with Crippen molar-refractivity contribution in [2.24, 2.45) is 0 Å². The van der Waals surface area contributed by atoms with Crippen LogP contribution in [-0.2, 0) is 28.5 Å². The highest BCUT2D eigenvalue weighted by atomic mass is 16.7. The van der Waals surface area contributed by atoms with Gasteiger partial charge in [-0.2, -0.15) is 0 Å². The van der Waals surface area contributed by atoms with E-state index in [1.54, 1.807) is 0 Å². The van der Waals surface area contributed by atoms with Crippen LogP contribution in [0.4, 0.5) is 0 Å². The number of rotatable bonds is 5. The van der Waals surface area contributed by atoms with Gasteiger partial charge in [0, 0.05) is 26.9 Å². The lowest BCUT2D eigenvalue weighted by Gasteiger charge is -2.35. The molecule has 1 aliphatic rings. The Balaban J connectivity index is 2.54. The largest absolute Gasteiger partial charge is 0.463 e. The maximum absolute atomic E-state index is 11.0. The van der Waals surface area contributed by atoms with Gasteiger partial charge in [-0.15, -0.1) is 0 Å². The lowest BCUT2D eigenvalue weighted by Crippen LogP contribution is -2.45. The van der Waals surface area contributed by atoms with E-state index in [1.807, 2.05) is 6.92 Å². The molecule has 0 amide bonds. The van der Waals surface area contributed by atoms with Gasteiger partial charge in [0.05, 0.1) is 0 Å². The summed E-state index contributed by atoms with van der Waals surface area (Å²) in [6.45, 7) is 5.16. The molecule has 0 aliphatic carbocycles. The summed E-state index contributed by atoms with van der Waals surface area (Å²) in [5, 5.41) is 0. The molecule has 1 fully saturated rings. The van der Waals surface area contributed by atoms with Crippen LogP contribution in [0.1, 0.15) is 33.6 Å². The molecule has 1 rings (SSSR count). The van der Waals surface area contributed by atoms with Gasteiger partial charge in [-0.25, -0.2) is 0 Å². The predicted octanol–water partition coefficient (Wildman–Crippen LogP) is 1.02. The first-order chi connectivity index (χ1) is 8.52. The molecule has 2 unspecified atom stereocenters. The van der Waals surface area contributed by atoms with Gasteiger partial charge in [0.25, 0.3) is 0 Å². The molecule has 1 aliphatic heterocycles. The Morgan fingerprint density at radius 2 is 1.94 bits per heavy atom. The van der Waals surface area contributed by atoms with Crippen LogP contribution < -0.4 is 0 Å². The minimum absolute atomic E-state index is 0.0663. The van der Waals surface area contributed by atoms with Crippen molar-refractivity contribution in [1.29, 1.82) is 0 Å². The van der Waals surface area contributed by atoms with Crippen molar-refractivity contribution in [2.45, 2.75) is 52.1 Å². The molecule has 1 heterocycles. The fraction of sp³-hybridized carbons (Fsp3) is 0.833. The number of carbonyl (C=O) groups is 2. The zero-order chi connectivity index (χ0) is 13.5. The van der Waals surface area contributed by atoms with E-state index >= 15 is 0 Å². The summed E-state index contributed by atoms with van der Waals surface area (Å²) < 4.78 is 21.0. The normalized spacial score (nSPS) is 27.6. The Hall–Kier alpha value is -1.14. The molecule has 0 spiro atoms. The summed E-state index contributed by atoms with van der Waals surface area (Å²) >= 11 is 0. The molecule has 1 saturated heterocycles. The monoisotopic (exact) mass is 260 g/mol. The molecule has 104 valence electrons. The van der Waals surface area contributed by atoms with Gasteiger partial charge in [0.1, 0.15) is 18.8 Å². The molecule has 0 aromatic heterocycles. The minimum Gasteiger partial charge on any atom is -0.463 e. The smallest absolute Gasteiger partial charge is 0.302 e. The minimum atomic E-state index is -0.469. The van der Waals surface area contributed by atoms with Crippen LogP contribution in [0.3, 0.4) is 0 Å². The lowest BCUT2D eigenvalue weighted by atomic mass is 10.1. The zero-order valence-electron chi connectivity index (χ0n) is 11.0. The van der Waals surface area contributed by atoms with Crippen LogP contribution in [-0.4, -0.2) is 43.7 Å². The van der Waals surface area contributed by atoms with Gasteiger partial charge in [-0.05, 0) is 13.3 Å². The third-order valence-electron chi connectivity index (χ3n) is 2.55. The molecule has 0 N–H and O–H groups in total. The van der Waals surface area contributed by atoms with Gasteiger partial charge in [-0.3, -0.25) is 9.59 Å². The van der Waals surface area contributed by atoms with Crippen LogP contribution in [0, 0.1) is 0 Å². The zero-order valence-corrected chi connectivity index (χ0v) is 11.0. The van der Waals surface area contributed by atoms with Gasteiger partial charge < -0.3 is 18.9 Å². The molecule has 6 nitrogen and oxygen atoms in total. The summed E-state index contributed by atoms with van der Waals surface area (Å²) in [4.78, 5) is 21.8. The molecule has 0 aromatic carbocycles. The molecule has 6 heteroatoms. The molecular formula is C12H20O6. The van der Waals surface area contributed by atoms with Crippen molar-refractivity contribution < 1.29 is 28.5 Å². The maximum atomic E-state index is 11.0. The average Bonchev–Trinajstić information content (AvgIpc) is 2.28. The van der Waals surface area contributed by atoms with Gasteiger partial charge in [0.15, 0.2) is 6.29 Å². The standard InChI is InChI=1S/C12H20O6/c1-4-15-12-6-5-10(17-9(3)14)11(18-12)7-16-8(2)13/h10-12H,4-7H2,1-3H3/t10?,11-,12?/m1/s1. The second-order valence-electron chi connectivity index (χ2n) is 4.09. The van der Waals surface area contributed by atoms with E-state index in [4.69, 9.17) is 18.9 Å². The Morgan fingerprint density at radius 1 is 1.22 bits per heavy atom. The Kier molecular flexibility index (Phi) is 6.07. The fourth-order valence-electron chi connectivity index (χ4n) is 1.84. The second-order valence-corrected chi connectivity index (χ2v) is 4.09. The number of ether oxygens (including phenoxy) is 4. The van der Waals surface area contributed by atoms with Crippen molar-refractivity contribution in [3.05, 3.63) is 0 Å². The average molecular weight is 260 g/mol. The van der Waals surface area contributed by atoms with Crippen molar-refractivity contribution in [1.82, 2.24) is 0 Å². The van der Waals surface area contributed by atoms with E-state index in [0.29, 0.717) is 19.4 Å². The molecule has 0 radical (unpaired) electrons. The first-order valence-corrected chi connectivity index (χ1v) is 6.10. The third kappa shape index (κ3) is 5.01. The van der Waals surface area contributed by atoms with Crippen molar-refractivity contribution in [2.75, 3.05) is 13.2 Å². The molecule has 0 saturated carbocycles. The Bertz CT molecular complexity index is 290. The first-order valence-electron chi connectivity index (χ1n) is 6.10. The molecule has 3 atom stereocenters. The second kappa shape index (κ2) is 7.33. The Morgan fingerprint density at radius 3 is 2.50 bits per heavy atom. The number of hydrogen-bond acceptors (Lipinski definition) is 6. The van der Waals surface area contributed by atoms with E-state index in [-0.39, 0.29) is 18.9 Å². The van der Waals surface area contributed by atoms with E-state index in [2.05, 4.69) is 0 Å². The number of esters is 2. The summed E-state index contributed by atoms with van der Waals surface area (Å²) in [5.41, 5.74) is 0. The first kappa shape index (κ1) is 14.9. The van der Waals surface area contributed by atoms with Crippen LogP contribution in [0.5, 0.6) is 0 Å². The van der Waals surface area contributed by atoms with Crippen LogP contribution in [0.15, 0.2) is 0 Å². The summed E-state index contributed by atoms with van der Waals surface area (Å²) in [5.74, 6) is -0.759. The number of carbonyl (C=O) groups excluding carboxylic acids is 2. The summed E-state index contributed by atoms with van der Waals surface area (Å²) in [7, 11) is 0. The summed E-state index contributed by atoms with van der Waals surface area (Å²) in [6.07, 6.45) is 0.0995. The van der Waals surface area contributed by atoms with Crippen LogP contribution in [0.25, 0.3) is 0 Å². The molecule has 0 bridgehead atoms. The van der Waals surface area contributed by atoms with Gasteiger partial charge in [-0.1, -0.05) is 0 Å². The molecular weight excluding hydrogens is 240 g/mol. The molecule has 18 heavy (non-hydrogen) atoms. The van der Waals surface area contributed by atoms with Crippen molar-refractivity contribution in [3.63, 3.8) is 0 Å². The Labute approximate surface area is 107 Å². The highest BCUT2D eigenvalue weighted by molar-refractivity contribution is 5.66. The summed E-state index contributed by atoms with van der Waals surface area (Å²) in [6, 6.07) is 0. The van der Waals surface area contributed by atoms with E-state index in [0.717, 1.165) is 0 Å². The van der Waals surface area contributed by atoms with E-state index < -0.39 is 18.2 Å². The van der Waals surface area contributed by atoms with Crippen LogP contribution in [0.2, 0.25) is 0 Å². The van der Waals surface area contributed by atoms with E-state index in [9.17, 15) is 9.59 Å². The predicted molar refractivity (Wildman–Crippen MR) is 61.7 cm³/mol. The van der Waals surface area contributed by atoms with Crippen LogP contribution >= 0.6 is 0 Å². The van der Waals surface area contributed by atoms with E-state index in [1.165, 1.54) is 13.8 Å². The lowest BCUT2D eigenvalue weighted by molar-refractivity contribution is -0.236. The highest BCUT2D eigenvalue weighted by Crippen LogP contribution is 2.23. The topological polar surface area (TPSA) is 71.1 Å². The quantitative estimate of drug-likeness (QED) is 0.687. The van der Waals surface area contributed by atoms with Gasteiger partial charge >= 0.3 is 11.9 Å².